The molecule has 0 atom stereocenters. The van der Waals surface area contributed by atoms with Gasteiger partial charge in [-0.15, -0.1) is 0 Å². The quantitative estimate of drug-likeness (QED) is 0.578. The van der Waals surface area contributed by atoms with E-state index in [-0.39, 0.29) is 0 Å². The Morgan fingerprint density at radius 1 is 1.19 bits per heavy atom. The van der Waals surface area contributed by atoms with Crippen molar-refractivity contribution < 1.29 is 0 Å². The number of pyridine rings is 1. The molecule has 0 amide bonds. The minimum absolute atomic E-state index is 0.361. The highest BCUT2D eigenvalue weighted by atomic mass is 15.0. The van der Waals surface area contributed by atoms with E-state index in [2.05, 4.69) is 69.3 Å². The number of nitriles is 1. The molecule has 0 N–H and O–H groups in total. The van der Waals surface area contributed by atoms with Gasteiger partial charge in [-0.1, -0.05) is 46.4 Å². The maximum atomic E-state index is 9.22. The summed E-state index contributed by atoms with van der Waals surface area (Å²) in [6.45, 7) is 13.8. The highest BCUT2D eigenvalue weighted by Gasteiger charge is 2.15. The maximum absolute atomic E-state index is 9.22. The summed E-state index contributed by atoms with van der Waals surface area (Å²) in [6.07, 6.45) is 2.16. The second-order valence-corrected chi connectivity index (χ2v) is 7.53. The van der Waals surface area contributed by atoms with Crippen LogP contribution in [0.5, 0.6) is 0 Å². The Bertz CT molecular complexity index is 1000. The van der Waals surface area contributed by atoms with Gasteiger partial charge in [0, 0.05) is 23.7 Å². The van der Waals surface area contributed by atoms with E-state index in [4.69, 9.17) is 4.98 Å². The van der Waals surface area contributed by atoms with E-state index in [9.17, 15) is 5.26 Å². The van der Waals surface area contributed by atoms with Crippen LogP contribution in [0.2, 0.25) is 0 Å². The molecule has 0 fully saturated rings. The Kier molecular flexibility index (Phi) is 4.95. The molecule has 3 rings (SSSR count). The summed E-state index contributed by atoms with van der Waals surface area (Å²) < 4.78 is 2.23. The lowest BCUT2D eigenvalue weighted by atomic mass is 10.00. The lowest BCUT2D eigenvalue weighted by Gasteiger charge is -2.11. The minimum Gasteiger partial charge on any atom is -0.332 e. The molecular formula is C23H25N3. The van der Waals surface area contributed by atoms with Crippen LogP contribution in [-0.4, -0.2) is 9.55 Å². The fraction of sp³-hybridized carbons (Fsp3) is 0.304. The monoisotopic (exact) mass is 343 g/mol. The number of rotatable bonds is 5. The van der Waals surface area contributed by atoms with Crippen LogP contribution < -0.4 is 0 Å². The SMILES string of the molecule is C=C(c1ccc2c(-c3cccc(C#N)c3)cn(CC(C)C)c2n1)C(C)C. The van der Waals surface area contributed by atoms with Crippen LogP contribution in [-0.2, 0) is 6.54 Å². The molecule has 132 valence electrons. The van der Waals surface area contributed by atoms with Crippen LogP contribution in [0.1, 0.15) is 39.0 Å². The molecule has 0 unspecified atom stereocenters. The van der Waals surface area contributed by atoms with Gasteiger partial charge < -0.3 is 4.57 Å². The molecule has 0 saturated carbocycles. The molecule has 0 spiro atoms. The number of fused-ring (bicyclic) bond motifs is 1. The predicted octanol–water partition coefficient (Wildman–Crippen LogP) is 5.90. The third-order valence-corrected chi connectivity index (χ3v) is 4.61. The van der Waals surface area contributed by atoms with Crippen molar-refractivity contribution in [1.82, 2.24) is 9.55 Å². The van der Waals surface area contributed by atoms with Gasteiger partial charge in [0.05, 0.1) is 17.3 Å². The molecular weight excluding hydrogens is 318 g/mol. The molecule has 2 aromatic heterocycles. The summed E-state index contributed by atoms with van der Waals surface area (Å²) in [6, 6.07) is 14.2. The third-order valence-electron chi connectivity index (χ3n) is 4.61. The van der Waals surface area contributed by atoms with Gasteiger partial charge >= 0.3 is 0 Å². The molecule has 3 aromatic rings. The zero-order chi connectivity index (χ0) is 18.8. The molecule has 0 radical (unpaired) electrons. The first kappa shape index (κ1) is 17.9. The van der Waals surface area contributed by atoms with Crippen molar-refractivity contribution in [2.24, 2.45) is 11.8 Å². The summed E-state index contributed by atoms with van der Waals surface area (Å²) in [4.78, 5) is 4.94. The average Bonchev–Trinajstić information content (AvgIpc) is 2.98. The van der Waals surface area contributed by atoms with E-state index in [0.29, 0.717) is 17.4 Å². The molecule has 0 aliphatic carbocycles. The average molecular weight is 343 g/mol. The Morgan fingerprint density at radius 3 is 2.62 bits per heavy atom. The lowest BCUT2D eigenvalue weighted by molar-refractivity contribution is 0.533. The first-order chi connectivity index (χ1) is 12.4. The third kappa shape index (κ3) is 3.41. The molecule has 0 aliphatic heterocycles. The zero-order valence-corrected chi connectivity index (χ0v) is 16.0. The van der Waals surface area contributed by atoms with Crippen molar-refractivity contribution >= 4 is 16.6 Å². The molecule has 2 heterocycles. The minimum atomic E-state index is 0.361. The smallest absolute Gasteiger partial charge is 0.141 e. The summed E-state index contributed by atoms with van der Waals surface area (Å²) in [7, 11) is 0. The van der Waals surface area contributed by atoms with Gasteiger partial charge in [0.2, 0.25) is 0 Å². The van der Waals surface area contributed by atoms with Crippen molar-refractivity contribution in [2.75, 3.05) is 0 Å². The topological polar surface area (TPSA) is 41.6 Å². The number of hydrogen-bond acceptors (Lipinski definition) is 2. The largest absolute Gasteiger partial charge is 0.332 e. The first-order valence-corrected chi connectivity index (χ1v) is 9.10. The van der Waals surface area contributed by atoms with Crippen LogP contribution in [0.3, 0.4) is 0 Å². The fourth-order valence-corrected chi connectivity index (χ4v) is 3.16. The number of hydrogen-bond donors (Lipinski definition) is 0. The fourth-order valence-electron chi connectivity index (χ4n) is 3.16. The van der Waals surface area contributed by atoms with Crippen molar-refractivity contribution in [3.05, 3.63) is 60.4 Å². The Hall–Kier alpha value is -2.86. The number of benzene rings is 1. The van der Waals surface area contributed by atoms with Gasteiger partial charge in [0.25, 0.3) is 0 Å². The molecule has 3 nitrogen and oxygen atoms in total. The second-order valence-electron chi connectivity index (χ2n) is 7.53. The van der Waals surface area contributed by atoms with Crippen LogP contribution in [0.15, 0.2) is 49.2 Å². The van der Waals surface area contributed by atoms with E-state index in [1.54, 1.807) is 0 Å². The van der Waals surface area contributed by atoms with Gasteiger partial charge in [-0.25, -0.2) is 4.98 Å². The Balaban J connectivity index is 2.21. The molecule has 0 aliphatic rings. The van der Waals surface area contributed by atoms with Crippen molar-refractivity contribution in [1.29, 1.82) is 5.26 Å². The van der Waals surface area contributed by atoms with E-state index in [0.717, 1.165) is 40.0 Å². The van der Waals surface area contributed by atoms with Crippen molar-refractivity contribution in [3.63, 3.8) is 0 Å². The summed E-state index contributed by atoms with van der Waals surface area (Å²) in [5, 5.41) is 10.3. The van der Waals surface area contributed by atoms with Gasteiger partial charge in [-0.3, -0.25) is 0 Å². The summed E-state index contributed by atoms with van der Waals surface area (Å²) >= 11 is 0. The summed E-state index contributed by atoms with van der Waals surface area (Å²) in [5.41, 5.74) is 5.83. The van der Waals surface area contributed by atoms with E-state index in [1.807, 2.05) is 18.2 Å². The normalized spacial score (nSPS) is 11.3. The number of nitrogens with zero attached hydrogens (tertiary/aromatic N) is 3. The summed E-state index contributed by atoms with van der Waals surface area (Å²) in [5.74, 6) is 0.878. The maximum Gasteiger partial charge on any atom is 0.141 e. The molecule has 3 heteroatoms. The van der Waals surface area contributed by atoms with Crippen LogP contribution in [0, 0.1) is 23.2 Å². The highest BCUT2D eigenvalue weighted by Crippen LogP contribution is 2.32. The molecule has 0 bridgehead atoms. The van der Waals surface area contributed by atoms with E-state index >= 15 is 0 Å². The van der Waals surface area contributed by atoms with Gasteiger partial charge in [0.15, 0.2) is 0 Å². The zero-order valence-electron chi connectivity index (χ0n) is 16.0. The molecule has 0 saturated heterocycles. The van der Waals surface area contributed by atoms with E-state index < -0.39 is 0 Å². The number of allylic oxidation sites excluding steroid dienone is 1. The van der Waals surface area contributed by atoms with Crippen LogP contribution in [0.25, 0.3) is 27.7 Å². The van der Waals surface area contributed by atoms with Gasteiger partial charge in [0.1, 0.15) is 5.65 Å². The Labute approximate surface area is 155 Å². The molecule has 26 heavy (non-hydrogen) atoms. The van der Waals surface area contributed by atoms with Crippen molar-refractivity contribution in [2.45, 2.75) is 34.2 Å². The van der Waals surface area contributed by atoms with E-state index in [1.165, 1.54) is 0 Å². The van der Waals surface area contributed by atoms with Gasteiger partial charge in [-0.05, 0) is 47.2 Å². The van der Waals surface area contributed by atoms with Crippen LogP contribution in [0.4, 0.5) is 0 Å². The Morgan fingerprint density at radius 2 is 1.96 bits per heavy atom. The lowest BCUT2D eigenvalue weighted by Crippen LogP contribution is -2.04. The first-order valence-electron chi connectivity index (χ1n) is 9.10. The van der Waals surface area contributed by atoms with Crippen molar-refractivity contribution in [3.8, 4) is 17.2 Å². The predicted molar refractivity (Wildman–Crippen MR) is 109 cm³/mol. The molecule has 1 aromatic carbocycles. The number of aromatic nitrogens is 2. The standard InChI is InChI=1S/C23H25N3/c1-15(2)13-26-14-21(19-8-6-7-18(11-19)12-24)20-9-10-22(25-23(20)26)17(5)16(3)4/h6-11,14-16H,5,13H2,1-4H3. The second kappa shape index (κ2) is 7.17. The highest BCUT2D eigenvalue weighted by molar-refractivity contribution is 5.95. The van der Waals surface area contributed by atoms with Crippen LogP contribution >= 0.6 is 0 Å². The van der Waals surface area contributed by atoms with Gasteiger partial charge in [-0.2, -0.15) is 5.26 Å².